The molecular weight excluding hydrogens is 401 g/mol. The molecular formula is C23H20FN3O4. The van der Waals surface area contributed by atoms with Gasteiger partial charge in [0.1, 0.15) is 11.8 Å². The van der Waals surface area contributed by atoms with Crippen LogP contribution >= 0.6 is 0 Å². The maximum absolute atomic E-state index is 14.7. The van der Waals surface area contributed by atoms with Gasteiger partial charge < -0.3 is 19.6 Å². The van der Waals surface area contributed by atoms with Gasteiger partial charge in [-0.25, -0.2) is 14.2 Å². The normalized spacial score (nSPS) is 12.0. The van der Waals surface area contributed by atoms with E-state index in [1.54, 1.807) is 43.6 Å². The van der Waals surface area contributed by atoms with E-state index in [1.807, 2.05) is 6.07 Å². The van der Waals surface area contributed by atoms with Crippen molar-refractivity contribution >= 4 is 16.9 Å². The molecule has 0 fully saturated rings. The zero-order valence-electron chi connectivity index (χ0n) is 16.9. The first-order valence-corrected chi connectivity index (χ1v) is 9.65. The van der Waals surface area contributed by atoms with Crippen molar-refractivity contribution in [1.29, 1.82) is 0 Å². The molecule has 0 amide bonds. The van der Waals surface area contributed by atoms with Crippen LogP contribution in [0.15, 0.2) is 54.9 Å². The second kappa shape index (κ2) is 8.53. The van der Waals surface area contributed by atoms with E-state index >= 15 is 0 Å². The summed E-state index contributed by atoms with van der Waals surface area (Å²) in [6.45, 7) is 2.09. The molecule has 1 atom stereocenters. The third kappa shape index (κ3) is 3.85. The van der Waals surface area contributed by atoms with E-state index in [9.17, 15) is 14.3 Å². The number of halogens is 1. The number of ether oxygens (including phenoxy) is 2. The first-order valence-electron chi connectivity index (χ1n) is 9.65. The molecule has 1 aromatic carbocycles. The van der Waals surface area contributed by atoms with E-state index in [0.717, 1.165) is 0 Å². The minimum Gasteiger partial charge on any atom is -0.491 e. The predicted molar refractivity (Wildman–Crippen MR) is 112 cm³/mol. The minimum absolute atomic E-state index is 0.0617. The van der Waals surface area contributed by atoms with Crippen molar-refractivity contribution in [2.45, 2.75) is 13.0 Å². The number of hydrogen-bond donors (Lipinski definition) is 2. The van der Waals surface area contributed by atoms with Crippen molar-refractivity contribution in [3.05, 3.63) is 77.6 Å². The number of methoxy groups -OCH3 is 1. The molecule has 3 heterocycles. The highest BCUT2D eigenvalue weighted by Gasteiger charge is 2.25. The number of aromatic amines is 1. The van der Waals surface area contributed by atoms with Crippen LogP contribution in [0.25, 0.3) is 22.2 Å². The number of esters is 1. The Bertz CT molecular complexity index is 1240. The number of nitrogens with one attached hydrogen (secondary N) is 1. The Balaban J connectivity index is 1.93. The minimum atomic E-state index is -1.24. The molecule has 0 saturated heterocycles. The van der Waals surface area contributed by atoms with E-state index in [2.05, 4.69) is 15.0 Å². The molecule has 4 rings (SSSR count). The summed E-state index contributed by atoms with van der Waals surface area (Å²) in [5, 5.41) is 11.7. The second-order valence-corrected chi connectivity index (χ2v) is 6.76. The van der Waals surface area contributed by atoms with Crippen molar-refractivity contribution in [2.24, 2.45) is 0 Å². The van der Waals surface area contributed by atoms with E-state index in [-0.39, 0.29) is 17.1 Å². The number of nitrogens with zero attached hydrogens (tertiary/aromatic N) is 2. The molecule has 7 nitrogen and oxygen atoms in total. The van der Waals surface area contributed by atoms with Gasteiger partial charge in [-0.1, -0.05) is 6.07 Å². The lowest BCUT2D eigenvalue weighted by atomic mass is 9.98. The van der Waals surface area contributed by atoms with Crippen LogP contribution in [0.4, 0.5) is 4.39 Å². The van der Waals surface area contributed by atoms with Crippen LogP contribution < -0.4 is 4.74 Å². The fourth-order valence-corrected chi connectivity index (χ4v) is 3.47. The largest absolute Gasteiger partial charge is 0.491 e. The molecule has 158 valence electrons. The summed E-state index contributed by atoms with van der Waals surface area (Å²) in [6, 6.07) is 11.2. The Hall–Kier alpha value is -3.78. The van der Waals surface area contributed by atoms with Crippen LogP contribution in [0.3, 0.4) is 0 Å². The van der Waals surface area contributed by atoms with Gasteiger partial charge in [-0.15, -0.1) is 0 Å². The van der Waals surface area contributed by atoms with Gasteiger partial charge in [0.2, 0.25) is 0 Å². The third-order valence-corrected chi connectivity index (χ3v) is 4.86. The zero-order valence-corrected chi connectivity index (χ0v) is 16.9. The van der Waals surface area contributed by atoms with Gasteiger partial charge in [0.15, 0.2) is 11.6 Å². The van der Waals surface area contributed by atoms with Crippen molar-refractivity contribution in [1.82, 2.24) is 15.0 Å². The molecule has 3 aromatic heterocycles. The highest BCUT2D eigenvalue weighted by atomic mass is 19.1. The van der Waals surface area contributed by atoms with Crippen LogP contribution in [0, 0.1) is 5.82 Å². The Morgan fingerprint density at radius 3 is 2.81 bits per heavy atom. The standard InChI is InChI=1S/C23H20FN3O4/c1-3-31-19-11-18-14(10-15(19)24)20(21(27-18)13-6-5-9-25-12-13)22(28)16-7-4-8-17(26-16)23(29)30-2/h4-12,22,27-28H,3H2,1-2H3. The van der Waals surface area contributed by atoms with Gasteiger partial charge in [0.05, 0.1) is 30.6 Å². The topological polar surface area (TPSA) is 97.3 Å². The lowest BCUT2D eigenvalue weighted by molar-refractivity contribution is 0.0593. The summed E-state index contributed by atoms with van der Waals surface area (Å²) in [7, 11) is 1.26. The van der Waals surface area contributed by atoms with Crippen molar-refractivity contribution in [3.63, 3.8) is 0 Å². The summed E-state index contributed by atoms with van der Waals surface area (Å²) >= 11 is 0. The molecule has 31 heavy (non-hydrogen) atoms. The Morgan fingerprint density at radius 1 is 1.26 bits per heavy atom. The summed E-state index contributed by atoms with van der Waals surface area (Å²) in [5.41, 5.74) is 2.56. The second-order valence-electron chi connectivity index (χ2n) is 6.76. The van der Waals surface area contributed by atoms with Gasteiger partial charge >= 0.3 is 5.97 Å². The Labute approximate surface area is 177 Å². The maximum Gasteiger partial charge on any atom is 0.356 e. The maximum atomic E-state index is 14.7. The predicted octanol–water partition coefficient (Wildman–Crippen LogP) is 4.03. The van der Waals surface area contributed by atoms with Crippen molar-refractivity contribution in [3.8, 4) is 17.0 Å². The van der Waals surface area contributed by atoms with Crippen LogP contribution in [0.5, 0.6) is 5.75 Å². The molecule has 0 aliphatic heterocycles. The van der Waals surface area contributed by atoms with E-state index < -0.39 is 17.9 Å². The molecule has 0 aliphatic rings. The average molecular weight is 421 g/mol. The number of aliphatic hydroxyl groups excluding tert-OH is 1. The number of carbonyl (C=O) groups is 1. The van der Waals surface area contributed by atoms with Crippen molar-refractivity contribution < 1.29 is 23.8 Å². The first-order chi connectivity index (χ1) is 15.0. The van der Waals surface area contributed by atoms with E-state index in [4.69, 9.17) is 9.47 Å². The van der Waals surface area contributed by atoms with E-state index in [1.165, 1.54) is 19.2 Å². The van der Waals surface area contributed by atoms with Crippen LogP contribution in [0.1, 0.15) is 34.8 Å². The fraction of sp³-hybridized carbons (Fsp3) is 0.174. The SMILES string of the molecule is CCOc1cc2[nH]c(-c3cccnc3)c(C(O)c3cccc(C(=O)OC)n3)c2cc1F. The molecule has 0 bridgehead atoms. The molecule has 0 aliphatic carbocycles. The fourth-order valence-electron chi connectivity index (χ4n) is 3.47. The van der Waals surface area contributed by atoms with Crippen LogP contribution in [-0.4, -0.2) is 39.7 Å². The number of hydrogen-bond acceptors (Lipinski definition) is 6. The van der Waals surface area contributed by atoms with Crippen LogP contribution in [0.2, 0.25) is 0 Å². The lowest BCUT2D eigenvalue weighted by Gasteiger charge is -2.14. The molecule has 4 aromatic rings. The van der Waals surface area contributed by atoms with E-state index in [0.29, 0.717) is 34.3 Å². The quantitative estimate of drug-likeness (QED) is 0.456. The number of carbonyl (C=O) groups excluding carboxylic acids is 1. The third-order valence-electron chi connectivity index (χ3n) is 4.86. The monoisotopic (exact) mass is 421 g/mol. The molecule has 2 N–H and O–H groups in total. The first kappa shape index (κ1) is 20.5. The Kier molecular flexibility index (Phi) is 5.64. The number of fused-ring (bicyclic) bond motifs is 1. The summed E-state index contributed by atoms with van der Waals surface area (Å²) in [6.07, 6.45) is 2.03. The summed E-state index contributed by atoms with van der Waals surface area (Å²) < 4.78 is 24.8. The van der Waals surface area contributed by atoms with Gasteiger partial charge in [-0.3, -0.25) is 4.98 Å². The number of aromatic nitrogens is 3. The van der Waals surface area contributed by atoms with Gasteiger partial charge in [0, 0.05) is 35.0 Å². The summed E-state index contributed by atoms with van der Waals surface area (Å²) in [5.74, 6) is -1.05. The molecule has 0 spiro atoms. The summed E-state index contributed by atoms with van der Waals surface area (Å²) in [4.78, 5) is 23.5. The number of H-pyrrole nitrogens is 1. The zero-order chi connectivity index (χ0) is 22.0. The molecule has 8 heteroatoms. The number of benzene rings is 1. The van der Waals surface area contributed by atoms with Gasteiger partial charge in [-0.05, 0) is 37.3 Å². The average Bonchev–Trinajstić information content (AvgIpc) is 3.17. The van der Waals surface area contributed by atoms with Gasteiger partial charge in [0.25, 0.3) is 0 Å². The molecule has 0 saturated carbocycles. The Morgan fingerprint density at radius 2 is 2.10 bits per heavy atom. The number of aliphatic hydroxyl groups is 1. The highest BCUT2D eigenvalue weighted by molar-refractivity contribution is 5.92. The highest BCUT2D eigenvalue weighted by Crippen LogP contribution is 2.39. The lowest BCUT2D eigenvalue weighted by Crippen LogP contribution is -2.09. The molecule has 0 radical (unpaired) electrons. The van der Waals surface area contributed by atoms with Crippen molar-refractivity contribution in [2.75, 3.05) is 13.7 Å². The number of pyridine rings is 2. The van der Waals surface area contributed by atoms with Gasteiger partial charge in [-0.2, -0.15) is 0 Å². The number of rotatable bonds is 6. The van der Waals surface area contributed by atoms with Crippen LogP contribution in [-0.2, 0) is 4.74 Å². The smallest absolute Gasteiger partial charge is 0.356 e. The molecule has 1 unspecified atom stereocenters.